The summed E-state index contributed by atoms with van der Waals surface area (Å²) in [5, 5.41) is 7.26. The molecule has 0 amide bonds. The van der Waals surface area contributed by atoms with E-state index >= 15 is 0 Å². The van der Waals surface area contributed by atoms with Crippen LogP contribution in [0, 0.1) is 0 Å². The van der Waals surface area contributed by atoms with E-state index in [2.05, 4.69) is 170 Å². The van der Waals surface area contributed by atoms with Gasteiger partial charge in [-0.1, -0.05) is 124 Å². The quantitative estimate of drug-likeness (QED) is 0.143. The number of nitrogens with one attached hydrogen (secondary N) is 2. The maximum Gasteiger partial charge on any atom is 0.0713 e. The summed E-state index contributed by atoms with van der Waals surface area (Å²) < 4.78 is 0. The van der Waals surface area contributed by atoms with E-state index in [4.69, 9.17) is 0 Å². The molecule has 6 aromatic carbocycles. The first-order valence-electron chi connectivity index (χ1n) is 17.3. The Morgan fingerprint density at radius 1 is 0.404 bits per heavy atom. The molecule has 0 fully saturated rings. The monoisotopic (exact) mass is 612 g/mol. The summed E-state index contributed by atoms with van der Waals surface area (Å²) in [7, 11) is 0. The molecule has 0 saturated heterocycles. The van der Waals surface area contributed by atoms with Gasteiger partial charge in [0.25, 0.3) is 0 Å². The lowest BCUT2D eigenvalue weighted by Crippen LogP contribution is -2.28. The molecule has 7 rings (SSSR count). The minimum Gasteiger partial charge on any atom is -0.356 e. The third kappa shape index (κ3) is 6.09. The van der Waals surface area contributed by atoms with Gasteiger partial charge in [0.2, 0.25) is 0 Å². The van der Waals surface area contributed by atoms with Crippen molar-refractivity contribution >= 4 is 22.7 Å². The van der Waals surface area contributed by atoms with Gasteiger partial charge in [-0.2, -0.15) is 0 Å². The Hall–Kier alpha value is -5.08. The molecule has 1 aliphatic carbocycles. The van der Waals surface area contributed by atoms with Crippen molar-refractivity contribution in [2.45, 2.75) is 57.8 Å². The van der Waals surface area contributed by atoms with E-state index in [1.165, 1.54) is 70.2 Å². The molecule has 1 aliphatic rings. The Bertz CT molecular complexity index is 1770. The molecule has 0 aromatic heterocycles. The van der Waals surface area contributed by atoms with Crippen LogP contribution in [0.2, 0.25) is 0 Å². The normalized spacial score (nSPS) is 12.7. The summed E-state index contributed by atoms with van der Waals surface area (Å²) in [6.07, 6.45) is 7.18. The van der Waals surface area contributed by atoms with Gasteiger partial charge in [-0.25, -0.2) is 0 Å². The van der Waals surface area contributed by atoms with Crippen molar-refractivity contribution in [1.29, 1.82) is 0 Å². The van der Waals surface area contributed by atoms with Gasteiger partial charge in [0.05, 0.1) is 5.41 Å². The fourth-order valence-electron chi connectivity index (χ4n) is 7.24. The van der Waals surface area contributed by atoms with Crippen LogP contribution in [-0.4, -0.2) is 0 Å². The number of hydrogen-bond donors (Lipinski definition) is 2. The smallest absolute Gasteiger partial charge is 0.0713 e. The summed E-state index contributed by atoms with van der Waals surface area (Å²) in [6.45, 7) is 4.49. The molecule has 0 atom stereocenters. The highest BCUT2D eigenvalue weighted by Gasteiger charge is 2.45. The average Bonchev–Trinajstić information content (AvgIpc) is 3.43. The van der Waals surface area contributed by atoms with E-state index in [1.807, 2.05) is 0 Å². The van der Waals surface area contributed by atoms with Gasteiger partial charge in [-0.3, -0.25) is 0 Å². The van der Waals surface area contributed by atoms with E-state index in [9.17, 15) is 0 Å². The van der Waals surface area contributed by atoms with Crippen molar-refractivity contribution in [2.75, 3.05) is 10.6 Å². The van der Waals surface area contributed by atoms with Crippen molar-refractivity contribution in [3.05, 3.63) is 179 Å². The van der Waals surface area contributed by atoms with E-state index in [0.29, 0.717) is 0 Å². The first-order chi connectivity index (χ1) is 23.2. The molecule has 0 saturated carbocycles. The van der Waals surface area contributed by atoms with Crippen LogP contribution in [0.1, 0.15) is 72.9 Å². The van der Waals surface area contributed by atoms with E-state index in [0.717, 1.165) is 35.6 Å². The number of aryl methyl sites for hydroxylation is 2. The Kier molecular flexibility index (Phi) is 8.93. The zero-order valence-corrected chi connectivity index (χ0v) is 27.6. The molecular formula is C45H44N2. The molecule has 0 unspecified atom stereocenters. The number of unbranched alkanes of at least 4 members (excludes halogenated alkanes) is 2. The topological polar surface area (TPSA) is 24.1 Å². The van der Waals surface area contributed by atoms with Gasteiger partial charge in [-0.05, 0) is 119 Å². The maximum atomic E-state index is 3.63. The second-order valence-electron chi connectivity index (χ2n) is 12.8. The fraction of sp³-hybridized carbons (Fsp3) is 0.200. The van der Waals surface area contributed by atoms with Crippen LogP contribution >= 0.6 is 0 Å². The molecule has 0 heterocycles. The molecule has 47 heavy (non-hydrogen) atoms. The SMILES string of the molecule is CCCCc1ccc(Nc2ccc(C3(c4ccc(Nc5ccc(CCCC)cc5)cc4)c4ccccc4-c4ccccc43)cc2)cc1. The van der Waals surface area contributed by atoms with Crippen molar-refractivity contribution < 1.29 is 0 Å². The molecule has 0 aliphatic heterocycles. The number of hydrogen-bond acceptors (Lipinski definition) is 2. The maximum absolute atomic E-state index is 3.63. The van der Waals surface area contributed by atoms with Gasteiger partial charge in [0.15, 0.2) is 0 Å². The third-order valence-corrected chi connectivity index (χ3v) is 9.71. The lowest BCUT2D eigenvalue weighted by Gasteiger charge is -2.34. The van der Waals surface area contributed by atoms with Gasteiger partial charge in [0, 0.05) is 22.7 Å². The highest BCUT2D eigenvalue weighted by molar-refractivity contribution is 5.86. The molecule has 0 radical (unpaired) electrons. The summed E-state index contributed by atoms with van der Waals surface area (Å²) in [5.41, 5.74) is 14.6. The van der Waals surface area contributed by atoms with Gasteiger partial charge in [0.1, 0.15) is 0 Å². The third-order valence-electron chi connectivity index (χ3n) is 9.71. The highest BCUT2D eigenvalue weighted by atomic mass is 14.9. The van der Waals surface area contributed by atoms with Gasteiger partial charge < -0.3 is 10.6 Å². The Balaban J connectivity index is 1.23. The van der Waals surface area contributed by atoms with E-state index in [-0.39, 0.29) is 0 Å². The Labute approximate surface area is 280 Å². The molecule has 2 N–H and O–H groups in total. The fourth-order valence-corrected chi connectivity index (χ4v) is 7.24. The summed E-state index contributed by atoms with van der Waals surface area (Å²) in [5.74, 6) is 0. The van der Waals surface area contributed by atoms with Crippen LogP contribution < -0.4 is 10.6 Å². The van der Waals surface area contributed by atoms with Crippen molar-refractivity contribution in [3.8, 4) is 11.1 Å². The lowest BCUT2D eigenvalue weighted by molar-refractivity contribution is 0.769. The first-order valence-corrected chi connectivity index (χ1v) is 17.3. The van der Waals surface area contributed by atoms with Crippen molar-refractivity contribution in [1.82, 2.24) is 0 Å². The number of fused-ring (bicyclic) bond motifs is 3. The number of rotatable bonds is 12. The molecule has 2 heteroatoms. The van der Waals surface area contributed by atoms with Crippen LogP contribution in [0.5, 0.6) is 0 Å². The standard InChI is InChI=1S/C45H44N2/c1-3-5-11-33-17-25-37(26-18-33)46-39-29-21-35(22-30-39)45(43-15-9-7-13-41(43)42-14-8-10-16-44(42)45)36-23-31-40(32-24-36)47-38-27-19-34(20-28-38)12-6-4-2/h7-10,13-32,46-47H,3-6,11-12H2,1-2H3. The number of benzene rings is 6. The molecule has 6 aromatic rings. The largest absolute Gasteiger partial charge is 0.356 e. The Morgan fingerprint density at radius 3 is 1.11 bits per heavy atom. The number of anilines is 4. The van der Waals surface area contributed by atoms with E-state index in [1.54, 1.807) is 0 Å². The predicted molar refractivity (Wildman–Crippen MR) is 200 cm³/mol. The molecule has 234 valence electrons. The van der Waals surface area contributed by atoms with Crippen LogP contribution in [0.25, 0.3) is 11.1 Å². The zero-order chi connectivity index (χ0) is 32.1. The van der Waals surface area contributed by atoms with Crippen molar-refractivity contribution in [3.63, 3.8) is 0 Å². The minimum absolute atomic E-state index is 0.425. The molecule has 2 nitrogen and oxygen atoms in total. The van der Waals surface area contributed by atoms with Crippen LogP contribution in [0.3, 0.4) is 0 Å². The molecular weight excluding hydrogens is 569 g/mol. The summed E-state index contributed by atoms with van der Waals surface area (Å²) in [6, 6.07) is 53.8. The predicted octanol–water partition coefficient (Wildman–Crippen LogP) is 12.2. The summed E-state index contributed by atoms with van der Waals surface area (Å²) >= 11 is 0. The second kappa shape index (κ2) is 13.7. The summed E-state index contributed by atoms with van der Waals surface area (Å²) in [4.78, 5) is 0. The first kappa shape index (κ1) is 30.6. The highest BCUT2D eigenvalue weighted by Crippen LogP contribution is 2.56. The zero-order valence-electron chi connectivity index (χ0n) is 27.6. The van der Waals surface area contributed by atoms with Gasteiger partial charge in [-0.15, -0.1) is 0 Å². The molecule has 0 bridgehead atoms. The average molecular weight is 613 g/mol. The van der Waals surface area contributed by atoms with Crippen LogP contribution in [0.4, 0.5) is 22.7 Å². The van der Waals surface area contributed by atoms with Gasteiger partial charge >= 0.3 is 0 Å². The second-order valence-corrected chi connectivity index (χ2v) is 12.8. The Morgan fingerprint density at radius 2 is 0.745 bits per heavy atom. The lowest BCUT2D eigenvalue weighted by atomic mass is 9.67. The molecule has 0 spiro atoms. The van der Waals surface area contributed by atoms with Crippen LogP contribution in [-0.2, 0) is 18.3 Å². The minimum atomic E-state index is -0.425. The van der Waals surface area contributed by atoms with E-state index < -0.39 is 5.41 Å². The van der Waals surface area contributed by atoms with Crippen molar-refractivity contribution in [2.24, 2.45) is 0 Å². The van der Waals surface area contributed by atoms with Crippen LogP contribution in [0.15, 0.2) is 146 Å².